The Hall–Kier alpha value is -2.73. The molecule has 4 rings (SSSR count). The van der Waals surface area contributed by atoms with Crippen LogP contribution in [0.25, 0.3) is 0 Å². The van der Waals surface area contributed by atoms with Crippen LogP contribution in [0, 0.1) is 0 Å². The first-order valence-corrected chi connectivity index (χ1v) is 11.7. The van der Waals surface area contributed by atoms with Crippen molar-refractivity contribution in [3.8, 4) is 5.75 Å². The molecule has 0 aliphatic carbocycles. The van der Waals surface area contributed by atoms with Crippen molar-refractivity contribution in [2.45, 2.75) is 19.4 Å². The number of nitrogens with one attached hydrogen (secondary N) is 1. The van der Waals surface area contributed by atoms with Gasteiger partial charge in [-0.15, -0.1) is 0 Å². The van der Waals surface area contributed by atoms with Gasteiger partial charge in [0.1, 0.15) is 6.61 Å². The molecule has 1 amide bonds. The lowest BCUT2D eigenvalue weighted by Crippen LogP contribution is -2.19. The van der Waals surface area contributed by atoms with E-state index in [0.29, 0.717) is 38.6 Å². The van der Waals surface area contributed by atoms with Crippen molar-refractivity contribution in [2.75, 3.05) is 18.0 Å². The van der Waals surface area contributed by atoms with Crippen molar-refractivity contribution in [1.29, 1.82) is 0 Å². The Morgan fingerprint density at radius 2 is 1.61 bits per heavy atom. The Morgan fingerprint density at radius 1 is 0.970 bits per heavy atom. The van der Waals surface area contributed by atoms with Crippen molar-refractivity contribution in [1.82, 2.24) is 5.43 Å². The molecule has 33 heavy (non-hydrogen) atoms. The number of halogens is 3. The molecule has 0 spiro atoms. The van der Waals surface area contributed by atoms with Crippen LogP contribution >= 0.6 is 34.8 Å². The van der Waals surface area contributed by atoms with Crippen LogP contribution in [-0.2, 0) is 6.61 Å². The van der Waals surface area contributed by atoms with Gasteiger partial charge in [0.25, 0.3) is 5.91 Å². The van der Waals surface area contributed by atoms with E-state index in [-0.39, 0.29) is 5.91 Å². The normalized spacial score (nSPS) is 13.5. The van der Waals surface area contributed by atoms with Crippen molar-refractivity contribution in [3.05, 3.63) is 92.4 Å². The number of carbonyl (C=O) groups excluding carboxylic acids is 1. The Kier molecular flexibility index (Phi) is 7.76. The molecule has 1 saturated heterocycles. The predicted octanol–water partition coefficient (Wildman–Crippen LogP) is 6.59. The van der Waals surface area contributed by atoms with Crippen molar-refractivity contribution in [3.63, 3.8) is 0 Å². The summed E-state index contributed by atoms with van der Waals surface area (Å²) in [7, 11) is 0. The van der Waals surface area contributed by atoms with Crippen LogP contribution in [-0.4, -0.2) is 25.2 Å². The zero-order valence-corrected chi connectivity index (χ0v) is 20.0. The number of ether oxygens (including phenoxy) is 1. The molecule has 1 aliphatic heterocycles. The molecular formula is C25H22Cl3N3O2. The molecule has 0 unspecified atom stereocenters. The first kappa shape index (κ1) is 23.4. The van der Waals surface area contributed by atoms with E-state index in [9.17, 15) is 4.79 Å². The highest BCUT2D eigenvalue weighted by Crippen LogP contribution is 2.34. The van der Waals surface area contributed by atoms with Crippen LogP contribution in [0.3, 0.4) is 0 Å². The quantitative estimate of drug-likeness (QED) is 0.293. The van der Waals surface area contributed by atoms with Crippen molar-refractivity contribution < 1.29 is 9.53 Å². The maximum Gasteiger partial charge on any atom is 0.271 e. The van der Waals surface area contributed by atoms with Gasteiger partial charge in [0.15, 0.2) is 5.75 Å². The van der Waals surface area contributed by atoms with Gasteiger partial charge >= 0.3 is 0 Å². The number of hydrazone groups is 1. The number of benzene rings is 3. The van der Waals surface area contributed by atoms with Crippen molar-refractivity contribution >= 4 is 52.6 Å². The summed E-state index contributed by atoms with van der Waals surface area (Å²) >= 11 is 18.6. The van der Waals surface area contributed by atoms with E-state index in [0.717, 1.165) is 24.3 Å². The molecule has 0 bridgehead atoms. The minimum absolute atomic E-state index is 0.292. The SMILES string of the molecule is O=C(N/N=C\c1cc(Cl)c(OCc2ccc(Cl)cc2)c(Cl)c1)c1ccc(N2CCCC2)cc1. The summed E-state index contributed by atoms with van der Waals surface area (Å²) in [5.74, 6) is 0.0897. The summed E-state index contributed by atoms with van der Waals surface area (Å²) in [6.45, 7) is 2.43. The highest BCUT2D eigenvalue weighted by atomic mass is 35.5. The van der Waals surface area contributed by atoms with Crippen LogP contribution < -0.4 is 15.1 Å². The Bertz CT molecular complexity index is 1120. The van der Waals surface area contributed by atoms with Gasteiger partial charge in [-0.05, 0) is 72.5 Å². The van der Waals surface area contributed by atoms with Crippen LogP contribution in [0.15, 0.2) is 65.8 Å². The van der Waals surface area contributed by atoms with E-state index in [2.05, 4.69) is 15.4 Å². The second kappa shape index (κ2) is 10.9. The number of hydrogen-bond acceptors (Lipinski definition) is 4. The highest BCUT2D eigenvalue weighted by molar-refractivity contribution is 6.37. The van der Waals surface area contributed by atoms with Gasteiger partial charge in [0.05, 0.1) is 16.3 Å². The second-order valence-corrected chi connectivity index (χ2v) is 8.92. The summed E-state index contributed by atoms with van der Waals surface area (Å²) in [5, 5.41) is 5.38. The molecule has 1 heterocycles. The summed E-state index contributed by atoms with van der Waals surface area (Å²) in [4.78, 5) is 14.7. The molecule has 0 radical (unpaired) electrons. The third-order valence-corrected chi connectivity index (χ3v) is 6.11. The number of hydrogen-bond donors (Lipinski definition) is 1. The van der Waals surface area contributed by atoms with Gasteiger partial charge in [-0.25, -0.2) is 5.43 Å². The number of amides is 1. The maximum atomic E-state index is 12.4. The predicted molar refractivity (Wildman–Crippen MR) is 135 cm³/mol. The zero-order valence-electron chi connectivity index (χ0n) is 17.7. The Morgan fingerprint density at radius 3 is 2.24 bits per heavy atom. The number of carbonyl (C=O) groups is 1. The zero-order chi connectivity index (χ0) is 23.2. The molecule has 1 aliphatic rings. The van der Waals surface area contributed by atoms with Gasteiger partial charge < -0.3 is 9.64 Å². The molecule has 0 aromatic heterocycles. The van der Waals surface area contributed by atoms with Crippen LogP contribution in [0.5, 0.6) is 5.75 Å². The third kappa shape index (κ3) is 6.20. The molecule has 0 atom stereocenters. The van der Waals surface area contributed by atoms with E-state index in [1.165, 1.54) is 19.1 Å². The smallest absolute Gasteiger partial charge is 0.271 e. The lowest BCUT2D eigenvalue weighted by molar-refractivity contribution is 0.0955. The first-order valence-electron chi connectivity index (χ1n) is 10.5. The average molecular weight is 503 g/mol. The van der Waals surface area contributed by atoms with Crippen LogP contribution in [0.1, 0.15) is 34.3 Å². The molecule has 8 heteroatoms. The van der Waals surface area contributed by atoms with Gasteiger partial charge in [-0.1, -0.05) is 46.9 Å². The summed E-state index contributed by atoms with van der Waals surface area (Å²) in [5.41, 5.74) is 5.77. The molecular weight excluding hydrogens is 481 g/mol. The van der Waals surface area contributed by atoms with Gasteiger partial charge in [-0.3, -0.25) is 4.79 Å². The molecule has 170 valence electrons. The fourth-order valence-electron chi connectivity index (χ4n) is 3.56. The van der Waals surface area contributed by atoms with E-state index in [4.69, 9.17) is 39.5 Å². The van der Waals surface area contributed by atoms with Gasteiger partial charge in [0, 0.05) is 29.4 Å². The van der Waals surface area contributed by atoms with E-state index in [1.54, 1.807) is 36.4 Å². The summed E-state index contributed by atoms with van der Waals surface area (Å²) < 4.78 is 5.77. The second-order valence-electron chi connectivity index (χ2n) is 7.67. The first-order chi connectivity index (χ1) is 16.0. The summed E-state index contributed by atoms with van der Waals surface area (Å²) in [6.07, 6.45) is 3.90. The minimum atomic E-state index is -0.292. The van der Waals surface area contributed by atoms with Crippen LogP contribution in [0.4, 0.5) is 5.69 Å². The van der Waals surface area contributed by atoms with Gasteiger partial charge in [0.2, 0.25) is 0 Å². The molecule has 3 aromatic rings. The lowest BCUT2D eigenvalue weighted by atomic mass is 10.2. The molecule has 1 fully saturated rings. The standard InChI is InChI=1S/C25H22Cl3N3O2/c26-20-7-3-17(4-8-20)16-33-24-22(27)13-18(14-23(24)28)15-29-30-25(32)19-5-9-21(10-6-19)31-11-1-2-12-31/h3-10,13-15H,1-2,11-12,16H2,(H,30,32)/b29-15-. The highest BCUT2D eigenvalue weighted by Gasteiger charge is 2.13. The molecule has 3 aromatic carbocycles. The van der Waals surface area contributed by atoms with Gasteiger partial charge in [-0.2, -0.15) is 5.10 Å². The number of anilines is 1. The number of rotatable bonds is 7. The van der Waals surface area contributed by atoms with Crippen LogP contribution in [0.2, 0.25) is 15.1 Å². The summed E-state index contributed by atoms with van der Waals surface area (Å²) in [6, 6.07) is 18.2. The molecule has 1 N–H and O–H groups in total. The minimum Gasteiger partial charge on any atom is -0.486 e. The largest absolute Gasteiger partial charge is 0.486 e. The fourth-order valence-corrected chi connectivity index (χ4v) is 4.30. The topological polar surface area (TPSA) is 53.9 Å². The third-order valence-electron chi connectivity index (χ3n) is 5.30. The van der Waals surface area contributed by atoms with Crippen molar-refractivity contribution in [2.24, 2.45) is 5.10 Å². The monoisotopic (exact) mass is 501 g/mol. The Balaban J connectivity index is 1.34. The van der Waals surface area contributed by atoms with E-state index in [1.807, 2.05) is 24.3 Å². The lowest BCUT2D eigenvalue weighted by Gasteiger charge is -2.17. The maximum absolute atomic E-state index is 12.4. The fraction of sp³-hybridized carbons (Fsp3) is 0.200. The molecule has 0 saturated carbocycles. The Labute approximate surface area is 207 Å². The van der Waals surface area contributed by atoms with E-state index >= 15 is 0 Å². The molecule has 5 nitrogen and oxygen atoms in total. The average Bonchev–Trinajstić information content (AvgIpc) is 3.35. The number of nitrogens with zero attached hydrogens (tertiary/aromatic N) is 2. The van der Waals surface area contributed by atoms with E-state index < -0.39 is 0 Å².